The summed E-state index contributed by atoms with van der Waals surface area (Å²) in [5.74, 6) is -0.539. The van der Waals surface area contributed by atoms with Crippen molar-refractivity contribution in [2.45, 2.75) is 264 Å². The van der Waals surface area contributed by atoms with Crippen LogP contribution in [0.3, 0.4) is 0 Å². The molecule has 0 bridgehead atoms. The molecule has 2 N–H and O–H groups in total. The highest BCUT2D eigenvalue weighted by Gasteiger charge is 2.30. The number of rotatable bonds is 52. The number of unbranched alkanes of at least 4 members (excludes halogenated alkanes) is 26. The molecular formula is C61H112N2O7P+. The first-order valence-electron chi connectivity index (χ1n) is 29.3. The predicted molar refractivity (Wildman–Crippen MR) is 305 cm³/mol. The molecule has 0 aromatic rings. The molecule has 0 aliphatic rings. The van der Waals surface area contributed by atoms with Gasteiger partial charge >= 0.3 is 13.8 Å². The van der Waals surface area contributed by atoms with Crippen LogP contribution in [0.2, 0.25) is 0 Å². The minimum absolute atomic E-state index is 0.0325. The van der Waals surface area contributed by atoms with Crippen LogP contribution in [0.5, 0.6) is 0 Å². The fraction of sp³-hybridized carbons (Fsp3) is 0.770. The Morgan fingerprint density at radius 2 is 0.873 bits per heavy atom. The molecule has 0 saturated carbocycles. The number of phosphoric ester groups is 1. The highest BCUT2D eigenvalue weighted by atomic mass is 31.2. The summed E-state index contributed by atoms with van der Waals surface area (Å²) < 4.78 is 30.6. The van der Waals surface area contributed by atoms with E-state index in [-0.39, 0.29) is 31.5 Å². The van der Waals surface area contributed by atoms with E-state index in [1.807, 2.05) is 33.3 Å². The summed E-state index contributed by atoms with van der Waals surface area (Å²) in [7, 11) is 1.47. The molecule has 0 saturated heterocycles. The van der Waals surface area contributed by atoms with Gasteiger partial charge in [-0.05, 0) is 96.0 Å². The lowest BCUT2D eigenvalue weighted by Crippen LogP contribution is -2.47. The van der Waals surface area contributed by atoms with E-state index >= 15 is 0 Å². The molecule has 0 rings (SSSR count). The Kier molecular flexibility index (Phi) is 49.1. The van der Waals surface area contributed by atoms with Crippen LogP contribution in [0.15, 0.2) is 72.9 Å². The van der Waals surface area contributed by atoms with Crippen molar-refractivity contribution in [3.8, 4) is 0 Å². The summed E-state index contributed by atoms with van der Waals surface area (Å²) in [6.07, 6.45) is 64.6. The van der Waals surface area contributed by atoms with Crippen molar-refractivity contribution in [1.82, 2.24) is 5.32 Å². The van der Waals surface area contributed by atoms with Crippen molar-refractivity contribution in [3.63, 3.8) is 0 Å². The lowest BCUT2D eigenvalue weighted by atomic mass is 10.0. The highest BCUT2D eigenvalue weighted by molar-refractivity contribution is 7.47. The van der Waals surface area contributed by atoms with E-state index in [4.69, 9.17) is 13.8 Å². The minimum Gasteiger partial charge on any atom is -0.456 e. The molecule has 10 heteroatoms. The quantitative estimate of drug-likeness (QED) is 0.0205. The largest absolute Gasteiger partial charge is 0.472 e. The molecule has 0 aromatic heterocycles. The molecule has 1 amide bonds. The van der Waals surface area contributed by atoms with Crippen LogP contribution in [0, 0.1) is 0 Å². The zero-order chi connectivity index (χ0) is 52.2. The second kappa shape index (κ2) is 51.0. The molecule has 0 aromatic carbocycles. The maximum absolute atomic E-state index is 13.5. The van der Waals surface area contributed by atoms with Crippen LogP contribution in [0.25, 0.3) is 0 Å². The lowest BCUT2D eigenvalue weighted by Gasteiger charge is -2.27. The molecule has 3 unspecified atom stereocenters. The number of esters is 1. The van der Waals surface area contributed by atoms with E-state index in [9.17, 15) is 19.0 Å². The number of hydrogen-bond acceptors (Lipinski definition) is 6. The van der Waals surface area contributed by atoms with Crippen LogP contribution in [-0.4, -0.2) is 74.3 Å². The maximum Gasteiger partial charge on any atom is 0.472 e. The van der Waals surface area contributed by atoms with Gasteiger partial charge in [0.15, 0.2) is 0 Å². The van der Waals surface area contributed by atoms with E-state index in [1.54, 1.807) is 0 Å². The topological polar surface area (TPSA) is 111 Å². The Balaban J connectivity index is 5.33. The summed E-state index contributed by atoms with van der Waals surface area (Å²) in [5, 5.41) is 3.04. The van der Waals surface area contributed by atoms with Gasteiger partial charge in [-0.25, -0.2) is 4.57 Å². The molecule has 9 nitrogen and oxygen atoms in total. The smallest absolute Gasteiger partial charge is 0.456 e. The fourth-order valence-corrected chi connectivity index (χ4v) is 8.76. The third-order valence-electron chi connectivity index (χ3n) is 12.6. The van der Waals surface area contributed by atoms with Gasteiger partial charge in [-0.1, -0.05) is 216 Å². The number of ether oxygens (including phenoxy) is 1. The van der Waals surface area contributed by atoms with Crippen LogP contribution < -0.4 is 5.32 Å². The number of hydrogen-bond donors (Lipinski definition) is 2. The molecule has 0 spiro atoms. The van der Waals surface area contributed by atoms with Gasteiger partial charge in [0.1, 0.15) is 19.3 Å². The summed E-state index contributed by atoms with van der Waals surface area (Å²) in [5.41, 5.74) is 0. The Morgan fingerprint density at radius 3 is 1.37 bits per heavy atom. The number of likely N-dealkylation sites (N-methyl/N-ethyl adjacent to an activating group) is 1. The van der Waals surface area contributed by atoms with Crippen LogP contribution in [-0.2, 0) is 27.9 Å². The number of amides is 1. The van der Waals surface area contributed by atoms with Crippen LogP contribution in [0.4, 0.5) is 0 Å². The predicted octanol–water partition coefficient (Wildman–Crippen LogP) is 17.7. The molecular weight excluding hydrogens is 904 g/mol. The first-order chi connectivity index (χ1) is 34.4. The van der Waals surface area contributed by atoms with Gasteiger partial charge in [0.05, 0.1) is 33.8 Å². The van der Waals surface area contributed by atoms with Gasteiger partial charge in [0.2, 0.25) is 5.91 Å². The van der Waals surface area contributed by atoms with Gasteiger partial charge < -0.3 is 19.4 Å². The molecule has 0 fully saturated rings. The average molecular weight is 1020 g/mol. The Morgan fingerprint density at radius 1 is 0.493 bits per heavy atom. The Hall–Kier alpha value is -2.55. The second-order valence-electron chi connectivity index (χ2n) is 20.8. The first-order valence-corrected chi connectivity index (χ1v) is 30.8. The van der Waals surface area contributed by atoms with Crippen molar-refractivity contribution in [2.24, 2.45) is 0 Å². The molecule has 0 aliphatic heterocycles. The van der Waals surface area contributed by atoms with Crippen molar-refractivity contribution in [2.75, 3.05) is 40.9 Å². The number of quaternary nitrogens is 1. The number of nitrogens with one attached hydrogen (secondary N) is 1. The summed E-state index contributed by atoms with van der Waals surface area (Å²) in [6, 6.07) is -0.863. The molecule has 0 heterocycles. The van der Waals surface area contributed by atoms with E-state index in [0.717, 1.165) is 122 Å². The normalized spacial score (nSPS) is 14.3. The lowest BCUT2D eigenvalue weighted by molar-refractivity contribution is -0.870. The van der Waals surface area contributed by atoms with Gasteiger partial charge in [-0.15, -0.1) is 0 Å². The van der Waals surface area contributed by atoms with E-state index in [1.165, 1.54) is 96.3 Å². The first kappa shape index (κ1) is 68.5. The summed E-state index contributed by atoms with van der Waals surface area (Å²) >= 11 is 0. The molecule has 71 heavy (non-hydrogen) atoms. The van der Waals surface area contributed by atoms with E-state index in [0.29, 0.717) is 17.4 Å². The van der Waals surface area contributed by atoms with Crippen molar-refractivity contribution < 1.29 is 37.3 Å². The Bertz CT molecular complexity index is 1450. The third kappa shape index (κ3) is 52.1. The van der Waals surface area contributed by atoms with E-state index < -0.39 is 20.0 Å². The number of carbonyl (C=O) groups excluding carboxylic acids is 2. The number of nitrogens with zero attached hydrogens (tertiary/aromatic N) is 1. The van der Waals surface area contributed by atoms with Gasteiger partial charge in [-0.2, -0.15) is 0 Å². The Labute approximate surface area is 438 Å². The maximum atomic E-state index is 13.5. The van der Waals surface area contributed by atoms with Gasteiger partial charge in [0.25, 0.3) is 0 Å². The summed E-state index contributed by atoms with van der Waals surface area (Å²) in [4.78, 5) is 37.6. The zero-order valence-electron chi connectivity index (χ0n) is 47.0. The SMILES string of the molecule is CCCC/C=C\CCCCCCCC(=O)OC(/C=C/CCCCCCCCCCCCC)C(COP(=O)(O)OCC[N+](C)(C)C)NC(=O)CCCCCCC/C=C\C/C=C\C/C=C\C/C=C\CCCCC. The molecule has 0 aliphatic carbocycles. The number of phosphoric acid groups is 1. The van der Waals surface area contributed by atoms with Gasteiger partial charge in [0, 0.05) is 12.8 Å². The minimum atomic E-state index is -4.45. The molecule has 412 valence electrons. The van der Waals surface area contributed by atoms with Crippen molar-refractivity contribution in [1.29, 1.82) is 0 Å². The monoisotopic (exact) mass is 1020 g/mol. The molecule has 3 atom stereocenters. The average Bonchev–Trinajstić information content (AvgIpc) is 3.33. The van der Waals surface area contributed by atoms with E-state index in [2.05, 4.69) is 86.8 Å². The standard InChI is InChI=1S/C61H111N2O7P/c1-7-10-13-16-19-22-25-27-28-29-30-31-32-33-34-36-39-41-44-47-50-53-60(64)62-58(57-69-71(66,67)68-56-55-63(4,5)6)59(52-49-46-43-40-38-35-26-23-20-17-14-11-8-2)70-61(65)54-51-48-45-42-37-24-21-18-15-12-9-3/h18-19,21-22,27-28,30-31,33-34,49,52,58-59H,7-17,20,23-26,29,32,35-48,50-51,53-57H2,1-6H3,(H-,62,64,66,67)/p+1/b21-18-,22-19-,28-27-,31-30-,34-33-,52-49+. The second-order valence-corrected chi connectivity index (χ2v) is 22.3. The number of allylic oxidation sites excluding steroid dienone is 11. The zero-order valence-corrected chi connectivity index (χ0v) is 47.8. The number of carbonyl (C=O) groups is 2. The highest BCUT2D eigenvalue weighted by Crippen LogP contribution is 2.43. The van der Waals surface area contributed by atoms with Crippen LogP contribution >= 0.6 is 7.82 Å². The van der Waals surface area contributed by atoms with Crippen molar-refractivity contribution in [3.05, 3.63) is 72.9 Å². The van der Waals surface area contributed by atoms with Crippen LogP contribution in [0.1, 0.15) is 252 Å². The molecule has 0 radical (unpaired) electrons. The third-order valence-corrected chi connectivity index (χ3v) is 13.6. The summed E-state index contributed by atoms with van der Waals surface area (Å²) in [6.45, 7) is 6.92. The van der Waals surface area contributed by atoms with Gasteiger partial charge in [-0.3, -0.25) is 18.6 Å². The fourth-order valence-electron chi connectivity index (χ4n) is 8.02. The van der Waals surface area contributed by atoms with Crippen molar-refractivity contribution >= 4 is 19.7 Å².